The summed E-state index contributed by atoms with van der Waals surface area (Å²) in [6.07, 6.45) is 2.41. The van der Waals surface area contributed by atoms with Gasteiger partial charge >= 0.3 is 0 Å². The van der Waals surface area contributed by atoms with Crippen molar-refractivity contribution in [2.45, 2.75) is 19.3 Å². The maximum atomic E-state index is 9.99. The van der Waals surface area contributed by atoms with Gasteiger partial charge in [-0.1, -0.05) is 17.0 Å². The molecule has 1 unspecified atom stereocenters. The molecule has 0 amide bonds. The highest BCUT2D eigenvalue weighted by Gasteiger charge is 1.85. The molecule has 58 valence electrons. The highest BCUT2D eigenvalue weighted by Crippen LogP contribution is 1.94. The topological polar surface area (TPSA) is 40.1 Å². The molecule has 0 bridgehead atoms. The van der Waals surface area contributed by atoms with Gasteiger partial charge in [-0.3, -0.25) is 4.21 Å². The molecule has 0 spiro atoms. The third-order valence-electron chi connectivity index (χ3n) is 0.930. The molecule has 0 aromatic rings. The minimum absolute atomic E-state index is 0.267. The molecule has 0 aliphatic rings. The van der Waals surface area contributed by atoms with E-state index < -0.39 is 11.1 Å². The second-order valence-electron chi connectivity index (χ2n) is 1.74. The summed E-state index contributed by atoms with van der Waals surface area (Å²) in [6, 6.07) is 0. The van der Waals surface area contributed by atoms with Gasteiger partial charge in [0.15, 0.2) is 0 Å². The summed E-state index contributed by atoms with van der Waals surface area (Å²) in [4.78, 5) is 0. The second kappa shape index (κ2) is 7.51. The van der Waals surface area contributed by atoms with Crippen LogP contribution in [0.1, 0.15) is 19.3 Å². The van der Waals surface area contributed by atoms with E-state index in [1.165, 1.54) is 0 Å². The summed E-state index contributed by atoms with van der Waals surface area (Å²) in [7, 11) is 0. The number of halogens is 1. The van der Waals surface area contributed by atoms with Gasteiger partial charge in [0.05, 0.1) is 0 Å². The van der Waals surface area contributed by atoms with E-state index in [1.807, 2.05) is 22.6 Å². The van der Waals surface area contributed by atoms with Crippen molar-refractivity contribution < 1.29 is 8.76 Å². The van der Waals surface area contributed by atoms with Gasteiger partial charge in [0.2, 0.25) is 0 Å². The van der Waals surface area contributed by atoms with Gasteiger partial charge in [-0.2, -0.15) is 0 Å². The lowest BCUT2D eigenvalue weighted by atomic mass is 10.3. The molecule has 0 aromatic heterocycles. The molecule has 4 heteroatoms. The van der Waals surface area contributed by atoms with Crippen LogP contribution < -0.4 is 0 Å². The number of hydrogen-bond donors (Lipinski definition) is 0. The molecular formula is C6H8IO2S-. The average Bonchev–Trinajstić information content (AvgIpc) is 1.87. The molecule has 0 saturated carbocycles. The summed E-state index contributed by atoms with van der Waals surface area (Å²) < 4.78 is 22.7. The van der Waals surface area contributed by atoms with Crippen molar-refractivity contribution >= 4 is 33.7 Å². The van der Waals surface area contributed by atoms with E-state index in [2.05, 4.69) is 9.85 Å². The summed E-state index contributed by atoms with van der Waals surface area (Å²) in [5, 5.41) is 0. The molecule has 10 heavy (non-hydrogen) atoms. The molecule has 0 saturated heterocycles. The standard InChI is InChI=1S/C6H9IO2S/c7-5-3-1-2-4-6-10(8)9/h1-2,4,6H2,(H,8,9)/p-1. The first-order chi connectivity index (χ1) is 4.77. The summed E-state index contributed by atoms with van der Waals surface area (Å²) >= 11 is 0.0987. The van der Waals surface area contributed by atoms with Crippen LogP contribution in [-0.2, 0) is 11.1 Å². The molecule has 1 atom stereocenters. The smallest absolute Gasteiger partial charge is 0.0181 e. The van der Waals surface area contributed by atoms with Crippen molar-refractivity contribution in [3.63, 3.8) is 0 Å². The molecule has 0 aliphatic heterocycles. The van der Waals surface area contributed by atoms with Crippen molar-refractivity contribution in [2.75, 3.05) is 5.75 Å². The minimum atomic E-state index is -1.87. The Morgan fingerprint density at radius 2 is 2.20 bits per heavy atom. The Bertz CT molecular complexity index is 159. The fourth-order valence-corrected chi connectivity index (χ4v) is 1.19. The molecule has 0 fully saturated rings. The Labute approximate surface area is 77.2 Å². The van der Waals surface area contributed by atoms with Gasteiger partial charge in [-0.25, -0.2) is 0 Å². The van der Waals surface area contributed by atoms with Crippen molar-refractivity contribution in [2.24, 2.45) is 0 Å². The van der Waals surface area contributed by atoms with E-state index in [9.17, 15) is 8.76 Å². The Morgan fingerprint density at radius 3 is 2.70 bits per heavy atom. The van der Waals surface area contributed by atoms with Crippen LogP contribution in [0.4, 0.5) is 0 Å². The van der Waals surface area contributed by atoms with E-state index >= 15 is 0 Å². The molecule has 0 N–H and O–H groups in total. The maximum Gasteiger partial charge on any atom is 0.0181 e. The zero-order chi connectivity index (χ0) is 7.82. The number of hydrogen-bond acceptors (Lipinski definition) is 2. The van der Waals surface area contributed by atoms with Crippen LogP contribution in [0.25, 0.3) is 0 Å². The Morgan fingerprint density at radius 1 is 1.50 bits per heavy atom. The van der Waals surface area contributed by atoms with Crippen molar-refractivity contribution in [1.29, 1.82) is 0 Å². The van der Waals surface area contributed by atoms with Crippen LogP contribution in [0, 0.1) is 9.85 Å². The number of rotatable bonds is 4. The Kier molecular flexibility index (Phi) is 7.81. The van der Waals surface area contributed by atoms with Gasteiger partial charge in [-0.15, -0.1) is 0 Å². The number of unbranched alkanes of at least 4 members (excludes halogenated alkanes) is 2. The van der Waals surface area contributed by atoms with Gasteiger partial charge in [0.1, 0.15) is 0 Å². The summed E-state index contributed by atoms with van der Waals surface area (Å²) in [5.74, 6) is 3.12. The van der Waals surface area contributed by atoms with Crippen LogP contribution in [0.3, 0.4) is 0 Å². The zero-order valence-electron chi connectivity index (χ0n) is 5.43. The van der Waals surface area contributed by atoms with Crippen molar-refractivity contribution in [3.8, 4) is 9.85 Å². The minimum Gasteiger partial charge on any atom is -0.772 e. The zero-order valence-corrected chi connectivity index (χ0v) is 8.41. The van der Waals surface area contributed by atoms with Gasteiger partial charge in [0, 0.05) is 34.8 Å². The average molecular weight is 271 g/mol. The molecule has 0 aliphatic carbocycles. The van der Waals surface area contributed by atoms with Crippen molar-refractivity contribution in [1.82, 2.24) is 0 Å². The lowest BCUT2D eigenvalue weighted by molar-refractivity contribution is 0.534. The second-order valence-corrected chi connectivity index (χ2v) is 3.29. The molecule has 2 nitrogen and oxygen atoms in total. The van der Waals surface area contributed by atoms with Crippen LogP contribution in [0.5, 0.6) is 0 Å². The predicted octanol–water partition coefficient (Wildman–Crippen LogP) is 1.43. The molecule has 0 radical (unpaired) electrons. The monoisotopic (exact) mass is 271 g/mol. The van der Waals surface area contributed by atoms with Crippen LogP contribution in [0.2, 0.25) is 0 Å². The highest BCUT2D eigenvalue weighted by molar-refractivity contribution is 14.1. The van der Waals surface area contributed by atoms with Gasteiger partial charge < -0.3 is 4.55 Å². The van der Waals surface area contributed by atoms with E-state index in [0.29, 0.717) is 0 Å². The quantitative estimate of drug-likeness (QED) is 0.336. The predicted molar refractivity (Wildman–Crippen MR) is 49.4 cm³/mol. The first kappa shape index (κ1) is 10.4. The maximum absolute atomic E-state index is 9.99. The van der Waals surface area contributed by atoms with Crippen molar-refractivity contribution in [3.05, 3.63) is 0 Å². The van der Waals surface area contributed by atoms with Crippen LogP contribution in [0.15, 0.2) is 0 Å². The Hall–Kier alpha value is 0.400. The molecule has 0 heterocycles. The van der Waals surface area contributed by atoms with Crippen LogP contribution >= 0.6 is 22.6 Å². The Balaban J connectivity index is 3.03. The molecule has 0 aromatic carbocycles. The lowest BCUT2D eigenvalue weighted by Crippen LogP contribution is -1.93. The van der Waals surface area contributed by atoms with E-state index in [0.717, 1.165) is 19.3 Å². The third-order valence-corrected chi connectivity index (χ3v) is 1.93. The first-order valence-corrected chi connectivity index (χ1v) is 5.24. The first-order valence-electron chi connectivity index (χ1n) is 2.91. The fourth-order valence-electron chi connectivity index (χ4n) is 0.481. The lowest BCUT2D eigenvalue weighted by Gasteiger charge is -2.01. The van der Waals surface area contributed by atoms with Gasteiger partial charge in [0.25, 0.3) is 0 Å². The summed E-state index contributed by atoms with van der Waals surface area (Å²) in [6.45, 7) is 0. The highest BCUT2D eigenvalue weighted by atomic mass is 127. The molecule has 0 rings (SSSR count). The fraction of sp³-hybridized carbons (Fsp3) is 0.667. The molecular weight excluding hydrogens is 263 g/mol. The van der Waals surface area contributed by atoms with E-state index in [4.69, 9.17) is 0 Å². The van der Waals surface area contributed by atoms with E-state index in [1.54, 1.807) is 0 Å². The largest absolute Gasteiger partial charge is 0.772 e. The van der Waals surface area contributed by atoms with Crippen LogP contribution in [-0.4, -0.2) is 14.5 Å². The third kappa shape index (κ3) is 8.40. The van der Waals surface area contributed by atoms with Gasteiger partial charge in [-0.05, 0) is 16.8 Å². The normalized spacial score (nSPS) is 11.8. The summed E-state index contributed by atoms with van der Waals surface area (Å²) in [5.41, 5.74) is 0. The SMILES string of the molecule is O=S([O-])CCCCC#CI. The van der Waals surface area contributed by atoms with E-state index in [-0.39, 0.29) is 5.75 Å².